The highest BCUT2D eigenvalue weighted by Gasteiger charge is 2.29. The standard InChI is InChI=1S/C24H22N2O4/c27-23(15-14-19-10-7-13-22(16-19)26(29)30)25-18-24(28,21-11-5-2-6-12-21)17-20-8-3-1-4-9-20/h1-16,28H,17-18H2,(H,25,27)/b15-14-/t24-/m1/s1. The van der Waals surface area contributed by atoms with E-state index in [9.17, 15) is 20.0 Å². The lowest BCUT2D eigenvalue weighted by molar-refractivity contribution is -0.384. The van der Waals surface area contributed by atoms with Crippen LogP contribution in [0.25, 0.3) is 6.08 Å². The lowest BCUT2D eigenvalue weighted by Gasteiger charge is -2.29. The van der Waals surface area contributed by atoms with Gasteiger partial charge in [-0.1, -0.05) is 72.8 Å². The molecule has 0 aliphatic rings. The number of rotatable bonds is 8. The summed E-state index contributed by atoms with van der Waals surface area (Å²) in [6.07, 6.45) is 3.14. The quantitative estimate of drug-likeness (QED) is 0.340. The van der Waals surface area contributed by atoms with Crippen molar-refractivity contribution < 1.29 is 14.8 Å². The van der Waals surface area contributed by atoms with Gasteiger partial charge in [0.2, 0.25) is 5.91 Å². The average Bonchev–Trinajstić information content (AvgIpc) is 2.78. The van der Waals surface area contributed by atoms with Crippen LogP contribution in [0.1, 0.15) is 16.7 Å². The third-order valence-electron chi connectivity index (χ3n) is 4.71. The summed E-state index contributed by atoms with van der Waals surface area (Å²) < 4.78 is 0. The van der Waals surface area contributed by atoms with Gasteiger partial charge in [-0.25, -0.2) is 0 Å². The topological polar surface area (TPSA) is 92.5 Å². The predicted molar refractivity (Wildman–Crippen MR) is 116 cm³/mol. The highest BCUT2D eigenvalue weighted by Crippen LogP contribution is 2.25. The molecule has 0 spiro atoms. The number of carbonyl (C=O) groups is 1. The second kappa shape index (κ2) is 9.62. The minimum absolute atomic E-state index is 0.0179. The second-order valence-electron chi connectivity index (χ2n) is 6.96. The smallest absolute Gasteiger partial charge is 0.270 e. The first kappa shape index (κ1) is 21.0. The molecular weight excluding hydrogens is 380 g/mol. The van der Waals surface area contributed by atoms with Crippen molar-refractivity contribution >= 4 is 17.7 Å². The van der Waals surface area contributed by atoms with Crippen molar-refractivity contribution in [3.8, 4) is 0 Å². The highest BCUT2D eigenvalue weighted by atomic mass is 16.6. The second-order valence-corrected chi connectivity index (χ2v) is 6.96. The number of hydrogen-bond acceptors (Lipinski definition) is 4. The zero-order valence-electron chi connectivity index (χ0n) is 16.3. The van der Waals surface area contributed by atoms with Gasteiger partial charge >= 0.3 is 0 Å². The molecule has 0 radical (unpaired) electrons. The number of aliphatic hydroxyl groups is 1. The van der Waals surface area contributed by atoms with Gasteiger partial charge in [-0.05, 0) is 22.8 Å². The Kier molecular flexibility index (Phi) is 6.72. The lowest BCUT2D eigenvalue weighted by atomic mass is 9.87. The number of carbonyl (C=O) groups excluding carboxylic acids is 1. The Balaban J connectivity index is 1.71. The summed E-state index contributed by atoms with van der Waals surface area (Å²) in [5, 5.41) is 25.0. The van der Waals surface area contributed by atoms with E-state index in [1.165, 1.54) is 24.3 Å². The maximum absolute atomic E-state index is 12.3. The minimum Gasteiger partial charge on any atom is -0.383 e. The van der Waals surface area contributed by atoms with Crippen LogP contribution in [0.4, 0.5) is 5.69 Å². The van der Waals surface area contributed by atoms with Crippen LogP contribution < -0.4 is 5.32 Å². The first-order valence-electron chi connectivity index (χ1n) is 9.48. The van der Waals surface area contributed by atoms with Crippen LogP contribution >= 0.6 is 0 Å². The molecule has 30 heavy (non-hydrogen) atoms. The summed E-state index contributed by atoms with van der Waals surface area (Å²) in [7, 11) is 0. The van der Waals surface area contributed by atoms with Gasteiger partial charge in [-0.2, -0.15) is 0 Å². The molecule has 0 bridgehead atoms. The molecule has 2 N–H and O–H groups in total. The van der Waals surface area contributed by atoms with Crippen LogP contribution in [0.2, 0.25) is 0 Å². The zero-order chi connectivity index (χ0) is 21.4. The summed E-state index contributed by atoms with van der Waals surface area (Å²) >= 11 is 0. The van der Waals surface area contributed by atoms with E-state index in [4.69, 9.17) is 0 Å². The minimum atomic E-state index is -1.28. The Morgan fingerprint density at radius 1 is 1.00 bits per heavy atom. The Labute approximate surface area is 174 Å². The summed E-state index contributed by atoms with van der Waals surface area (Å²) in [6, 6.07) is 24.8. The fraction of sp³-hybridized carbons (Fsp3) is 0.125. The normalized spacial score (nSPS) is 13.0. The Morgan fingerprint density at radius 2 is 1.67 bits per heavy atom. The van der Waals surface area contributed by atoms with E-state index >= 15 is 0 Å². The van der Waals surface area contributed by atoms with Crippen molar-refractivity contribution in [2.24, 2.45) is 0 Å². The van der Waals surface area contributed by atoms with Crippen LogP contribution in [0.15, 0.2) is 91.0 Å². The fourth-order valence-electron chi connectivity index (χ4n) is 3.15. The van der Waals surface area contributed by atoms with Gasteiger partial charge < -0.3 is 10.4 Å². The van der Waals surface area contributed by atoms with E-state index < -0.39 is 16.4 Å². The van der Waals surface area contributed by atoms with Crippen LogP contribution in [0.5, 0.6) is 0 Å². The molecule has 0 saturated carbocycles. The van der Waals surface area contributed by atoms with Crippen molar-refractivity contribution in [1.82, 2.24) is 5.32 Å². The van der Waals surface area contributed by atoms with Crippen LogP contribution in [0, 0.1) is 10.1 Å². The molecule has 0 saturated heterocycles. The molecule has 0 aliphatic heterocycles. The Hall–Kier alpha value is -3.77. The lowest BCUT2D eigenvalue weighted by Crippen LogP contribution is -2.42. The third-order valence-corrected chi connectivity index (χ3v) is 4.71. The predicted octanol–water partition coefficient (Wildman–Crippen LogP) is 3.85. The SMILES string of the molecule is O=C(/C=C\c1cccc([N+](=O)[O-])c1)NC[C@](O)(Cc1ccccc1)c1ccccc1. The van der Waals surface area contributed by atoms with Gasteiger partial charge in [0.15, 0.2) is 0 Å². The fourth-order valence-corrected chi connectivity index (χ4v) is 3.15. The van der Waals surface area contributed by atoms with Crippen LogP contribution in [0.3, 0.4) is 0 Å². The molecule has 0 unspecified atom stereocenters. The molecular formula is C24H22N2O4. The number of non-ortho nitro benzene ring substituents is 1. The number of nitrogens with one attached hydrogen (secondary N) is 1. The largest absolute Gasteiger partial charge is 0.383 e. The number of nitro benzene ring substituents is 1. The maximum atomic E-state index is 12.3. The van der Waals surface area contributed by atoms with E-state index in [1.54, 1.807) is 12.1 Å². The summed E-state index contributed by atoms with van der Waals surface area (Å²) in [6.45, 7) is 0.0179. The molecule has 6 nitrogen and oxygen atoms in total. The number of hydrogen-bond donors (Lipinski definition) is 2. The first-order chi connectivity index (χ1) is 14.5. The molecule has 0 heterocycles. The van der Waals surface area contributed by atoms with Crippen LogP contribution in [-0.4, -0.2) is 22.5 Å². The van der Waals surface area contributed by atoms with Gasteiger partial charge in [0.1, 0.15) is 5.60 Å². The molecule has 3 aromatic carbocycles. The zero-order valence-corrected chi connectivity index (χ0v) is 16.3. The summed E-state index contributed by atoms with van der Waals surface area (Å²) in [5.41, 5.74) is 0.875. The maximum Gasteiger partial charge on any atom is 0.270 e. The molecule has 6 heteroatoms. The summed E-state index contributed by atoms with van der Waals surface area (Å²) in [5.74, 6) is -0.399. The van der Waals surface area contributed by atoms with E-state index in [-0.39, 0.29) is 12.2 Å². The van der Waals surface area contributed by atoms with Crippen molar-refractivity contribution in [2.75, 3.05) is 6.54 Å². The number of nitrogens with zero attached hydrogens (tertiary/aromatic N) is 1. The molecule has 1 atom stereocenters. The first-order valence-corrected chi connectivity index (χ1v) is 9.48. The monoisotopic (exact) mass is 402 g/mol. The Morgan fingerprint density at radius 3 is 2.33 bits per heavy atom. The summed E-state index contributed by atoms with van der Waals surface area (Å²) in [4.78, 5) is 22.7. The Bertz CT molecular complexity index is 1040. The van der Waals surface area contributed by atoms with Crippen molar-refractivity contribution in [3.05, 3.63) is 118 Å². The van der Waals surface area contributed by atoms with Gasteiger partial charge in [0.05, 0.1) is 11.5 Å². The molecule has 3 rings (SSSR count). The molecule has 1 amide bonds. The molecule has 0 fully saturated rings. The molecule has 152 valence electrons. The van der Waals surface area contributed by atoms with Gasteiger partial charge in [0, 0.05) is 24.6 Å². The van der Waals surface area contributed by atoms with Gasteiger partial charge in [-0.15, -0.1) is 0 Å². The van der Waals surface area contributed by atoms with Crippen molar-refractivity contribution in [1.29, 1.82) is 0 Å². The highest BCUT2D eigenvalue weighted by molar-refractivity contribution is 5.91. The molecule has 0 aromatic heterocycles. The van der Waals surface area contributed by atoms with E-state index in [0.717, 1.165) is 5.56 Å². The van der Waals surface area contributed by atoms with Gasteiger partial charge in [0.25, 0.3) is 5.69 Å². The van der Waals surface area contributed by atoms with E-state index in [1.807, 2.05) is 60.7 Å². The number of nitro groups is 1. The number of benzene rings is 3. The van der Waals surface area contributed by atoms with Gasteiger partial charge in [-0.3, -0.25) is 14.9 Å². The van der Waals surface area contributed by atoms with E-state index in [0.29, 0.717) is 17.5 Å². The molecule has 0 aliphatic carbocycles. The third kappa shape index (κ3) is 5.62. The van der Waals surface area contributed by atoms with Crippen molar-refractivity contribution in [2.45, 2.75) is 12.0 Å². The van der Waals surface area contributed by atoms with Crippen LogP contribution in [-0.2, 0) is 16.8 Å². The van der Waals surface area contributed by atoms with E-state index in [2.05, 4.69) is 5.32 Å². The van der Waals surface area contributed by atoms with Crippen molar-refractivity contribution in [3.63, 3.8) is 0 Å². The average molecular weight is 402 g/mol. The number of amides is 1. The molecule has 3 aromatic rings.